The molecule has 1 aliphatic carbocycles. The van der Waals surface area contributed by atoms with Gasteiger partial charge in [0.15, 0.2) is 0 Å². The number of alkyl halides is 1. The Balaban J connectivity index is 2.10. The predicted octanol–water partition coefficient (Wildman–Crippen LogP) is 7.11. The van der Waals surface area contributed by atoms with Crippen LogP contribution in [0.1, 0.15) is 29.2 Å². The lowest BCUT2D eigenvalue weighted by atomic mass is 9.78. The van der Waals surface area contributed by atoms with Crippen LogP contribution in [0.25, 0.3) is 11.1 Å². The van der Waals surface area contributed by atoms with E-state index in [1.165, 1.54) is 33.4 Å². The maximum atomic E-state index is 3.68. The molecule has 0 radical (unpaired) electrons. The van der Waals surface area contributed by atoms with E-state index in [1.54, 1.807) is 0 Å². The molecule has 3 aromatic carbocycles. The Hall–Kier alpha value is -1.39. The van der Waals surface area contributed by atoms with Crippen LogP contribution in [0.3, 0.4) is 0 Å². The van der Waals surface area contributed by atoms with Gasteiger partial charge in [-0.2, -0.15) is 0 Å². The van der Waals surface area contributed by atoms with Gasteiger partial charge in [0.2, 0.25) is 0 Å². The number of allylic oxidation sites excluding steroid dienone is 1. The first-order chi connectivity index (χ1) is 12.1. The molecule has 0 spiro atoms. The molecule has 2 heteroatoms. The predicted molar refractivity (Wildman–Crippen MR) is 119 cm³/mol. The van der Waals surface area contributed by atoms with Crippen molar-refractivity contribution in [3.05, 3.63) is 106 Å². The molecule has 0 heterocycles. The third-order valence-electron chi connectivity index (χ3n) is 5.04. The largest absolute Gasteiger partial charge is 0.0851 e. The van der Waals surface area contributed by atoms with E-state index in [9.17, 15) is 0 Å². The molecular weight excluding hydrogens is 483 g/mol. The van der Waals surface area contributed by atoms with Crippen molar-refractivity contribution in [1.29, 1.82) is 0 Å². The normalized spacial score (nSPS) is 19.2. The summed E-state index contributed by atoms with van der Waals surface area (Å²) in [5.41, 5.74) is 8.16. The molecule has 0 aromatic heterocycles. The zero-order valence-corrected chi connectivity index (χ0v) is 17.7. The summed E-state index contributed by atoms with van der Waals surface area (Å²) in [6.45, 7) is 2.38. The van der Waals surface area contributed by atoms with Crippen molar-refractivity contribution >= 4 is 49.7 Å². The third kappa shape index (κ3) is 2.80. The van der Waals surface area contributed by atoms with E-state index in [0.717, 1.165) is 8.90 Å². The Morgan fingerprint density at radius 1 is 0.840 bits per heavy atom. The first-order valence-corrected chi connectivity index (χ1v) is 10.7. The summed E-state index contributed by atoms with van der Waals surface area (Å²) < 4.78 is 2.18. The van der Waals surface area contributed by atoms with Crippen molar-refractivity contribution in [3.8, 4) is 0 Å². The van der Waals surface area contributed by atoms with Gasteiger partial charge >= 0.3 is 0 Å². The molecule has 0 saturated heterocycles. The highest BCUT2D eigenvalue weighted by molar-refractivity contribution is 14.1. The third-order valence-corrected chi connectivity index (χ3v) is 7.06. The Bertz CT molecular complexity index is 944. The van der Waals surface area contributed by atoms with Crippen molar-refractivity contribution in [2.75, 3.05) is 4.43 Å². The number of fused-ring (bicyclic) bond motifs is 1. The van der Waals surface area contributed by atoms with Crippen molar-refractivity contribution in [3.63, 3.8) is 0 Å². The first-order valence-electron chi connectivity index (χ1n) is 8.37. The van der Waals surface area contributed by atoms with E-state index in [1.807, 2.05) is 0 Å². The standard InChI is InChI=1S/C23H18BrI/c1-23(15-25)20-14-18(24)12-13-19(20)21(16-8-4-2-5-9-16)22(23)17-10-6-3-7-11-17/h2-14H,15H2,1H3. The van der Waals surface area contributed by atoms with Crippen LogP contribution in [0, 0.1) is 0 Å². The molecule has 0 aliphatic heterocycles. The van der Waals surface area contributed by atoms with E-state index in [0.29, 0.717) is 0 Å². The lowest BCUT2D eigenvalue weighted by Gasteiger charge is -2.28. The minimum absolute atomic E-state index is 0.00774. The Morgan fingerprint density at radius 2 is 1.44 bits per heavy atom. The number of benzene rings is 3. The summed E-state index contributed by atoms with van der Waals surface area (Å²) >= 11 is 6.21. The average Bonchev–Trinajstić information content (AvgIpc) is 2.92. The minimum atomic E-state index is -0.00774. The van der Waals surface area contributed by atoms with Crippen molar-refractivity contribution in [1.82, 2.24) is 0 Å². The van der Waals surface area contributed by atoms with Crippen molar-refractivity contribution in [2.45, 2.75) is 12.3 Å². The monoisotopic (exact) mass is 500 g/mol. The van der Waals surface area contributed by atoms with Gasteiger partial charge in [0, 0.05) is 14.3 Å². The van der Waals surface area contributed by atoms with Gasteiger partial charge in [-0.15, -0.1) is 0 Å². The summed E-state index contributed by atoms with van der Waals surface area (Å²) in [5.74, 6) is 0. The summed E-state index contributed by atoms with van der Waals surface area (Å²) in [6, 6.07) is 28.4. The topological polar surface area (TPSA) is 0 Å². The van der Waals surface area contributed by atoms with E-state index in [2.05, 4.69) is 124 Å². The lowest BCUT2D eigenvalue weighted by molar-refractivity contribution is 0.728. The summed E-state index contributed by atoms with van der Waals surface area (Å²) in [6.07, 6.45) is 0. The second-order valence-corrected chi connectivity index (χ2v) is 8.32. The molecule has 0 fully saturated rings. The number of rotatable bonds is 3. The molecule has 0 bridgehead atoms. The summed E-state index contributed by atoms with van der Waals surface area (Å²) in [5, 5.41) is 0. The second kappa shape index (κ2) is 6.73. The van der Waals surface area contributed by atoms with Crippen LogP contribution in [0.5, 0.6) is 0 Å². The van der Waals surface area contributed by atoms with Crippen LogP contribution >= 0.6 is 38.5 Å². The minimum Gasteiger partial charge on any atom is -0.0851 e. The lowest BCUT2D eigenvalue weighted by Crippen LogP contribution is -2.23. The van der Waals surface area contributed by atoms with Gasteiger partial charge in [0.05, 0.1) is 0 Å². The SMILES string of the molecule is CC1(CI)C(c2ccccc2)=C(c2ccccc2)c2ccc(Br)cc21. The smallest absolute Gasteiger partial charge is 0.0282 e. The van der Waals surface area contributed by atoms with E-state index in [4.69, 9.17) is 0 Å². The summed E-state index contributed by atoms with van der Waals surface area (Å²) in [7, 11) is 0. The molecule has 0 nitrogen and oxygen atoms in total. The molecule has 124 valence electrons. The van der Waals surface area contributed by atoms with Crippen molar-refractivity contribution < 1.29 is 0 Å². The number of hydrogen-bond donors (Lipinski definition) is 0. The van der Waals surface area contributed by atoms with E-state index in [-0.39, 0.29) is 5.41 Å². The van der Waals surface area contributed by atoms with Gasteiger partial charge in [0.25, 0.3) is 0 Å². The van der Waals surface area contributed by atoms with E-state index < -0.39 is 0 Å². The molecule has 1 aliphatic rings. The van der Waals surface area contributed by atoms with Crippen molar-refractivity contribution in [2.24, 2.45) is 0 Å². The van der Waals surface area contributed by atoms with Gasteiger partial charge in [-0.05, 0) is 45.5 Å². The Labute approximate surface area is 171 Å². The van der Waals surface area contributed by atoms with Crippen LogP contribution in [0.15, 0.2) is 83.3 Å². The highest BCUT2D eigenvalue weighted by Crippen LogP contribution is 2.54. The van der Waals surface area contributed by atoms with Gasteiger partial charge in [-0.1, -0.05) is 112 Å². The highest BCUT2D eigenvalue weighted by Gasteiger charge is 2.41. The fourth-order valence-electron chi connectivity index (χ4n) is 3.85. The molecule has 25 heavy (non-hydrogen) atoms. The van der Waals surface area contributed by atoms with E-state index >= 15 is 0 Å². The Kier molecular flexibility index (Phi) is 4.59. The van der Waals surface area contributed by atoms with Gasteiger partial charge in [-0.3, -0.25) is 0 Å². The fourth-order valence-corrected chi connectivity index (χ4v) is 5.00. The van der Waals surface area contributed by atoms with Gasteiger partial charge in [0.1, 0.15) is 0 Å². The number of halogens is 2. The number of hydrogen-bond acceptors (Lipinski definition) is 0. The average molecular weight is 501 g/mol. The molecule has 1 atom stereocenters. The van der Waals surface area contributed by atoms with Crippen LogP contribution in [-0.2, 0) is 5.41 Å². The molecule has 3 aromatic rings. The van der Waals surface area contributed by atoms with Crippen LogP contribution in [0.4, 0.5) is 0 Å². The molecular formula is C23H18BrI. The molecule has 0 N–H and O–H groups in total. The van der Waals surface area contributed by atoms with Gasteiger partial charge < -0.3 is 0 Å². The molecule has 4 rings (SSSR count). The maximum absolute atomic E-state index is 3.68. The molecule has 1 unspecified atom stereocenters. The molecule has 0 saturated carbocycles. The quantitative estimate of drug-likeness (QED) is 0.265. The zero-order valence-electron chi connectivity index (χ0n) is 14.0. The van der Waals surface area contributed by atoms with Gasteiger partial charge in [-0.25, -0.2) is 0 Å². The van der Waals surface area contributed by atoms with Crippen LogP contribution in [0.2, 0.25) is 0 Å². The van der Waals surface area contributed by atoms with Crippen LogP contribution in [-0.4, -0.2) is 4.43 Å². The summed E-state index contributed by atoms with van der Waals surface area (Å²) in [4.78, 5) is 0. The maximum Gasteiger partial charge on any atom is 0.0282 e. The highest BCUT2D eigenvalue weighted by atomic mass is 127. The second-order valence-electron chi connectivity index (χ2n) is 6.64. The fraction of sp³-hybridized carbons (Fsp3) is 0.130. The zero-order chi connectivity index (χ0) is 17.4. The molecule has 0 amide bonds. The first kappa shape index (κ1) is 17.0. The van der Waals surface area contributed by atoms with Crippen LogP contribution < -0.4 is 0 Å². The Morgan fingerprint density at radius 3 is 2.04 bits per heavy atom.